The second-order valence-electron chi connectivity index (χ2n) is 11.3. The first-order valence-electron chi connectivity index (χ1n) is 13.3. The van der Waals surface area contributed by atoms with Gasteiger partial charge in [-0.1, -0.05) is 87.5 Å². The third-order valence-electron chi connectivity index (χ3n) is 7.85. The lowest BCUT2D eigenvalue weighted by atomic mass is 9.72. The fourth-order valence-electron chi connectivity index (χ4n) is 5.66. The van der Waals surface area contributed by atoms with E-state index >= 15 is 0 Å². The van der Waals surface area contributed by atoms with Crippen molar-refractivity contribution in [3.8, 4) is 0 Å². The average Bonchev–Trinajstić information content (AvgIpc) is 3.29. The first-order chi connectivity index (χ1) is 18.4. The molecule has 1 heterocycles. The molecule has 0 radical (unpaired) electrons. The average molecular weight is 517 g/mol. The van der Waals surface area contributed by atoms with Crippen LogP contribution in [0.15, 0.2) is 89.9 Å². The van der Waals surface area contributed by atoms with Crippen LogP contribution in [0.3, 0.4) is 0 Å². The van der Waals surface area contributed by atoms with E-state index in [1.165, 1.54) is 32.0 Å². The number of nitrogens with one attached hydrogen (secondary N) is 1. The van der Waals surface area contributed by atoms with Crippen molar-refractivity contribution < 1.29 is 4.79 Å². The second-order valence-corrected chi connectivity index (χ2v) is 12.4. The lowest BCUT2D eigenvalue weighted by Crippen LogP contribution is -2.27. The molecule has 190 valence electrons. The summed E-state index contributed by atoms with van der Waals surface area (Å²) in [6.45, 7) is 6.97. The lowest BCUT2D eigenvalue weighted by molar-refractivity contribution is 0.102. The summed E-state index contributed by atoms with van der Waals surface area (Å²) in [7, 11) is 0. The molecular formula is C34H32N2OS. The zero-order valence-electron chi connectivity index (χ0n) is 22.1. The first kappa shape index (κ1) is 24.6. The van der Waals surface area contributed by atoms with Gasteiger partial charge < -0.3 is 5.32 Å². The Bertz CT molecular complexity index is 1620. The van der Waals surface area contributed by atoms with Gasteiger partial charge in [-0.15, -0.1) is 11.3 Å². The topological polar surface area (TPSA) is 41.5 Å². The van der Waals surface area contributed by atoms with Gasteiger partial charge in [0, 0.05) is 22.3 Å². The standard InChI is InChI=1S/C34H32N2OS/c1-34(2,3)24-17-18-28-30(20-24)38-33(31(28)32(37)36-25-13-5-4-6-14-25)35-21-29-26-15-9-7-11-22(26)19-23-12-8-10-16-27(23)29/h4-16,19,21,24H,17-18,20H2,1-3H3,(H,36,37)/t24-/m0/s1. The van der Waals surface area contributed by atoms with E-state index in [-0.39, 0.29) is 11.3 Å². The van der Waals surface area contributed by atoms with Crippen LogP contribution in [-0.2, 0) is 12.8 Å². The SMILES string of the molecule is CC(C)(C)[C@H]1CCc2c(sc(N=Cc3c4ccccc4cc4ccccc34)c2C(=O)Nc2ccccc2)C1. The Balaban J connectivity index is 1.47. The summed E-state index contributed by atoms with van der Waals surface area (Å²) < 4.78 is 0. The van der Waals surface area contributed by atoms with Crippen LogP contribution >= 0.6 is 11.3 Å². The number of amides is 1. The molecule has 0 spiro atoms. The van der Waals surface area contributed by atoms with Crippen molar-refractivity contribution in [2.75, 3.05) is 5.32 Å². The maximum absolute atomic E-state index is 13.7. The smallest absolute Gasteiger partial charge is 0.259 e. The number of rotatable bonds is 4. The molecule has 1 aromatic heterocycles. The second kappa shape index (κ2) is 9.85. The monoisotopic (exact) mass is 516 g/mol. The number of aliphatic imine (C=N–C) groups is 1. The number of carbonyl (C=O) groups excluding carboxylic acids is 1. The molecule has 4 heteroatoms. The van der Waals surface area contributed by atoms with Gasteiger partial charge >= 0.3 is 0 Å². The number of anilines is 1. The Morgan fingerprint density at radius 2 is 1.55 bits per heavy atom. The molecule has 5 aromatic rings. The normalized spacial score (nSPS) is 15.7. The fourth-order valence-corrected chi connectivity index (χ4v) is 6.93. The summed E-state index contributed by atoms with van der Waals surface area (Å²) >= 11 is 1.69. The maximum atomic E-state index is 13.7. The number of para-hydroxylation sites is 1. The molecule has 0 unspecified atom stereocenters. The molecule has 1 atom stereocenters. The van der Waals surface area contributed by atoms with Gasteiger partial charge in [0.25, 0.3) is 5.91 Å². The Hall–Kier alpha value is -3.76. The number of benzene rings is 4. The van der Waals surface area contributed by atoms with Crippen molar-refractivity contribution in [1.82, 2.24) is 0 Å². The molecule has 0 saturated heterocycles. The van der Waals surface area contributed by atoms with Crippen LogP contribution in [-0.4, -0.2) is 12.1 Å². The van der Waals surface area contributed by atoms with Crippen molar-refractivity contribution in [3.05, 3.63) is 106 Å². The molecule has 0 saturated carbocycles. The molecular weight excluding hydrogens is 484 g/mol. The van der Waals surface area contributed by atoms with E-state index in [0.29, 0.717) is 5.92 Å². The minimum Gasteiger partial charge on any atom is -0.322 e. The number of carbonyl (C=O) groups is 1. The molecule has 0 bridgehead atoms. The van der Waals surface area contributed by atoms with Gasteiger partial charge in [0.2, 0.25) is 0 Å². The fraction of sp³-hybridized carbons (Fsp3) is 0.235. The van der Waals surface area contributed by atoms with Crippen LogP contribution in [0, 0.1) is 11.3 Å². The van der Waals surface area contributed by atoms with Gasteiger partial charge in [-0.2, -0.15) is 0 Å². The lowest BCUT2D eigenvalue weighted by Gasteiger charge is -2.33. The molecule has 1 aliphatic rings. The van der Waals surface area contributed by atoms with E-state index in [0.717, 1.165) is 41.1 Å². The zero-order valence-corrected chi connectivity index (χ0v) is 22.9. The summed E-state index contributed by atoms with van der Waals surface area (Å²) in [5.41, 5.74) is 4.04. The highest BCUT2D eigenvalue weighted by molar-refractivity contribution is 7.16. The summed E-state index contributed by atoms with van der Waals surface area (Å²) in [4.78, 5) is 20.1. The third-order valence-corrected chi connectivity index (χ3v) is 9.02. The van der Waals surface area contributed by atoms with Gasteiger partial charge in [0.15, 0.2) is 0 Å². The molecule has 6 rings (SSSR count). The molecule has 1 aliphatic carbocycles. The Kier molecular flexibility index (Phi) is 6.37. The van der Waals surface area contributed by atoms with E-state index in [2.05, 4.69) is 80.7 Å². The number of thiophene rings is 1. The van der Waals surface area contributed by atoms with Gasteiger partial charge in [-0.25, -0.2) is 4.99 Å². The maximum Gasteiger partial charge on any atom is 0.259 e. The minimum absolute atomic E-state index is 0.0714. The quantitative estimate of drug-likeness (QED) is 0.188. The van der Waals surface area contributed by atoms with Gasteiger partial charge in [-0.05, 0) is 75.9 Å². The van der Waals surface area contributed by atoms with Gasteiger partial charge in [0.1, 0.15) is 5.00 Å². The first-order valence-corrected chi connectivity index (χ1v) is 14.2. The van der Waals surface area contributed by atoms with Crippen LogP contribution in [0.1, 0.15) is 53.6 Å². The van der Waals surface area contributed by atoms with Crippen LogP contribution < -0.4 is 5.32 Å². The molecule has 3 nitrogen and oxygen atoms in total. The van der Waals surface area contributed by atoms with Crippen LogP contribution in [0.4, 0.5) is 10.7 Å². The highest BCUT2D eigenvalue weighted by atomic mass is 32.1. The highest BCUT2D eigenvalue weighted by Gasteiger charge is 2.33. The Labute approximate surface area is 228 Å². The Morgan fingerprint density at radius 3 is 2.21 bits per heavy atom. The van der Waals surface area contributed by atoms with Crippen molar-refractivity contribution in [2.24, 2.45) is 16.3 Å². The summed E-state index contributed by atoms with van der Waals surface area (Å²) in [5, 5.41) is 8.64. The summed E-state index contributed by atoms with van der Waals surface area (Å²) in [6, 6.07) is 28.8. The highest BCUT2D eigenvalue weighted by Crippen LogP contribution is 2.45. The van der Waals surface area contributed by atoms with Gasteiger partial charge in [0.05, 0.1) is 5.56 Å². The zero-order chi connectivity index (χ0) is 26.3. The van der Waals surface area contributed by atoms with Crippen LogP contribution in [0.5, 0.6) is 0 Å². The molecule has 1 N–H and O–H groups in total. The molecule has 1 amide bonds. The van der Waals surface area contributed by atoms with E-state index in [9.17, 15) is 4.79 Å². The predicted octanol–water partition coefficient (Wildman–Crippen LogP) is 9.21. The summed E-state index contributed by atoms with van der Waals surface area (Å²) in [6.07, 6.45) is 4.98. The van der Waals surface area contributed by atoms with Crippen LogP contribution in [0.25, 0.3) is 21.5 Å². The van der Waals surface area contributed by atoms with Crippen molar-refractivity contribution in [1.29, 1.82) is 0 Å². The molecule has 4 aromatic carbocycles. The van der Waals surface area contributed by atoms with Crippen LogP contribution in [0.2, 0.25) is 0 Å². The Morgan fingerprint density at radius 1 is 0.921 bits per heavy atom. The predicted molar refractivity (Wildman–Crippen MR) is 162 cm³/mol. The third kappa shape index (κ3) is 4.65. The van der Waals surface area contributed by atoms with Gasteiger partial charge in [-0.3, -0.25) is 4.79 Å². The van der Waals surface area contributed by atoms with Crippen molar-refractivity contribution in [3.63, 3.8) is 0 Å². The van der Waals surface area contributed by atoms with Crippen molar-refractivity contribution >= 4 is 55.7 Å². The summed E-state index contributed by atoms with van der Waals surface area (Å²) in [5.74, 6) is 0.523. The molecule has 0 fully saturated rings. The van der Waals surface area contributed by atoms with Crippen molar-refractivity contribution in [2.45, 2.75) is 40.0 Å². The van der Waals surface area contributed by atoms with E-state index in [1.54, 1.807) is 11.3 Å². The molecule has 0 aliphatic heterocycles. The van der Waals surface area contributed by atoms with E-state index < -0.39 is 0 Å². The largest absolute Gasteiger partial charge is 0.322 e. The van der Waals surface area contributed by atoms with E-state index in [1.807, 2.05) is 36.5 Å². The number of hydrogen-bond acceptors (Lipinski definition) is 3. The van der Waals surface area contributed by atoms with E-state index in [4.69, 9.17) is 4.99 Å². The minimum atomic E-state index is -0.0714. The number of fused-ring (bicyclic) bond motifs is 3. The number of hydrogen-bond donors (Lipinski definition) is 1. The number of nitrogens with zero attached hydrogens (tertiary/aromatic N) is 1. The molecule has 38 heavy (non-hydrogen) atoms.